The minimum absolute atomic E-state index is 0.101. The molecule has 1 aromatic carbocycles. The molecule has 0 aromatic heterocycles. The van der Waals surface area contributed by atoms with Gasteiger partial charge in [-0.1, -0.05) is 12.8 Å². The van der Waals surface area contributed by atoms with Gasteiger partial charge in [-0.05, 0) is 42.5 Å². The fourth-order valence-corrected chi connectivity index (χ4v) is 3.17. The summed E-state index contributed by atoms with van der Waals surface area (Å²) in [5.74, 6) is -0.233. The molecule has 19 heavy (non-hydrogen) atoms. The molecule has 1 aliphatic carbocycles. The van der Waals surface area contributed by atoms with Crippen molar-refractivity contribution in [3.8, 4) is 0 Å². The van der Waals surface area contributed by atoms with Crippen LogP contribution >= 0.6 is 0 Å². The van der Waals surface area contributed by atoms with E-state index in [1.54, 1.807) is 18.2 Å². The summed E-state index contributed by atoms with van der Waals surface area (Å²) in [6, 6.07) is 4.99. The Balaban J connectivity index is 1.85. The number of benzene rings is 1. The van der Waals surface area contributed by atoms with Crippen molar-refractivity contribution >= 4 is 17.6 Å². The van der Waals surface area contributed by atoms with E-state index in [2.05, 4.69) is 0 Å². The lowest BCUT2D eigenvalue weighted by atomic mass is 10.1. The fraction of sp³-hybridized carbons (Fsp3) is 0.467. The van der Waals surface area contributed by atoms with Crippen molar-refractivity contribution in [3.05, 3.63) is 29.3 Å². The Morgan fingerprint density at radius 3 is 2.74 bits per heavy atom. The second-order valence-corrected chi connectivity index (χ2v) is 5.48. The average molecular weight is 259 g/mol. The summed E-state index contributed by atoms with van der Waals surface area (Å²) >= 11 is 0. The molecule has 0 saturated heterocycles. The lowest BCUT2D eigenvalue weighted by Gasteiger charge is -2.21. The van der Waals surface area contributed by atoms with Gasteiger partial charge in [-0.3, -0.25) is 4.79 Å². The molecular formula is C15H17NO3. The number of nitrogens with zero attached hydrogens (tertiary/aromatic N) is 1. The Hall–Kier alpha value is -1.84. The molecule has 1 saturated carbocycles. The van der Waals surface area contributed by atoms with Crippen LogP contribution in [-0.4, -0.2) is 23.5 Å². The summed E-state index contributed by atoms with van der Waals surface area (Å²) in [7, 11) is 0. The standard InChI is InChI=1S/C15H17NO3/c17-14-8-12-7-11(15(18)19)5-6-13(12)16(14)9-10-3-1-2-4-10/h5-7,10H,1-4,8-9H2,(H,18,19). The van der Waals surface area contributed by atoms with E-state index in [0.717, 1.165) is 17.8 Å². The van der Waals surface area contributed by atoms with E-state index in [9.17, 15) is 9.59 Å². The number of hydrogen-bond acceptors (Lipinski definition) is 2. The van der Waals surface area contributed by atoms with Gasteiger partial charge >= 0.3 is 5.97 Å². The molecule has 2 aliphatic rings. The van der Waals surface area contributed by atoms with Crippen LogP contribution in [0.1, 0.15) is 41.6 Å². The largest absolute Gasteiger partial charge is 0.478 e. The third kappa shape index (κ3) is 2.23. The maximum Gasteiger partial charge on any atom is 0.335 e. The number of carboxylic acids is 1. The van der Waals surface area contributed by atoms with Crippen molar-refractivity contribution in [2.24, 2.45) is 5.92 Å². The van der Waals surface area contributed by atoms with Crippen LogP contribution in [0.2, 0.25) is 0 Å². The Morgan fingerprint density at radius 2 is 2.05 bits per heavy atom. The molecule has 3 rings (SSSR count). The summed E-state index contributed by atoms with van der Waals surface area (Å²) in [5.41, 5.74) is 2.01. The molecule has 100 valence electrons. The van der Waals surface area contributed by atoms with Crippen LogP contribution in [0.25, 0.3) is 0 Å². The first kappa shape index (κ1) is 12.2. The minimum Gasteiger partial charge on any atom is -0.478 e. The Morgan fingerprint density at radius 1 is 1.32 bits per heavy atom. The lowest BCUT2D eigenvalue weighted by Crippen LogP contribution is -2.31. The van der Waals surface area contributed by atoms with Crippen molar-refractivity contribution in [1.82, 2.24) is 0 Å². The molecule has 1 aliphatic heterocycles. The van der Waals surface area contributed by atoms with Crippen LogP contribution < -0.4 is 4.90 Å². The molecule has 0 radical (unpaired) electrons. The number of aromatic carboxylic acids is 1. The molecule has 0 spiro atoms. The van der Waals surface area contributed by atoms with E-state index >= 15 is 0 Å². The zero-order chi connectivity index (χ0) is 13.4. The predicted octanol–water partition coefficient (Wildman–Crippen LogP) is 2.46. The molecule has 0 unspecified atom stereocenters. The summed E-state index contributed by atoms with van der Waals surface area (Å²) in [6.07, 6.45) is 5.26. The third-order valence-corrected chi connectivity index (χ3v) is 4.18. The van der Waals surface area contributed by atoms with Gasteiger partial charge in [-0.2, -0.15) is 0 Å². The van der Waals surface area contributed by atoms with Gasteiger partial charge in [0.25, 0.3) is 0 Å². The highest BCUT2D eigenvalue weighted by atomic mass is 16.4. The maximum atomic E-state index is 12.1. The predicted molar refractivity (Wildman–Crippen MR) is 71.4 cm³/mol. The molecule has 1 amide bonds. The number of fused-ring (bicyclic) bond motifs is 1. The number of hydrogen-bond donors (Lipinski definition) is 1. The van der Waals surface area contributed by atoms with Crippen molar-refractivity contribution in [2.45, 2.75) is 32.1 Å². The summed E-state index contributed by atoms with van der Waals surface area (Å²) in [6.45, 7) is 0.790. The van der Waals surface area contributed by atoms with E-state index in [1.165, 1.54) is 25.7 Å². The zero-order valence-corrected chi connectivity index (χ0v) is 10.8. The van der Waals surface area contributed by atoms with E-state index < -0.39 is 5.97 Å². The number of carbonyl (C=O) groups is 2. The summed E-state index contributed by atoms with van der Waals surface area (Å²) in [4.78, 5) is 24.9. The summed E-state index contributed by atoms with van der Waals surface area (Å²) in [5, 5.41) is 8.98. The van der Waals surface area contributed by atoms with Gasteiger partial charge in [0.1, 0.15) is 0 Å². The van der Waals surface area contributed by atoms with Gasteiger partial charge in [0.15, 0.2) is 0 Å². The fourth-order valence-electron chi connectivity index (χ4n) is 3.17. The van der Waals surface area contributed by atoms with Crippen molar-refractivity contribution in [3.63, 3.8) is 0 Å². The number of amides is 1. The number of anilines is 1. The van der Waals surface area contributed by atoms with E-state index in [0.29, 0.717) is 12.3 Å². The second-order valence-electron chi connectivity index (χ2n) is 5.48. The van der Waals surface area contributed by atoms with Gasteiger partial charge in [0.05, 0.1) is 12.0 Å². The first-order chi connectivity index (χ1) is 9.15. The first-order valence-electron chi connectivity index (χ1n) is 6.82. The quantitative estimate of drug-likeness (QED) is 0.907. The number of rotatable bonds is 3. The van der Waals surface area contributed by atoms with Crippen molar-refractivity contribution in [1.29, 1.82) is 0 Å². The van der Waals surface area contributed by atoms with Crippen molar-refractivity contribution < 1.29 is 14.7 Å². The first-order valence-corrected chi connectivity index (χ1v) is 6.82. The van der Waals surface area contributed by atoms with Gasteiger partial charge in [0.2, 0.25) is 5.91 Å². The molecule has 1 heterocycles. The normalized spacial score (nSPS) is 18.9. The Labute approximate surface area is 112 Å². The molecular weight excluding hydrogens is 242 g/mol. The smallest absolute Gasteiger partial charge is 0.335 e. The Kier molecular flexibility index (Phi) is 3.01. The SMILES string of the molecule is O=C(O)c1ccc2c(c1)CC(=O)N2CC1CCCC1. The molecule has 1 N–H and O–H groups in total. The highest BCUT2D eigenvalue weighted by Crippen LogP contribution is 2.33. The highest BCUT2D eigenvalue weighted by Gasteiger charge is 2.30. The van der Waals surface area contributed by atoms with Gasteiger partial charge in [0, 0.05) is 12.2 Å². The van der Waals surface area contributed by atoms with E-state index in [1.807, 2.05) is 4.90 Å². The second kappa shape index (κ2) is 4.68. The molecule has 0 bridgehead atoms. The number of carboxylic acid groups (broad SMARTS) is 1. The van der Waals surface area contributed by atoms with E-state index in [-0.39, 0.29) is 11.5 Å². The minimum atomic E-state index is -0.940. The molecule has 1 fully saturated rings. The van der Waals surface area contributed by atoms with Crippen LogP contribution in [0.15, 0.2) is 18.2 Å². The summed E-state index contributed by atoms with van der Waals surface area (Å²) < 4.78 is 0. The van der Waals surface area contributed by atoms with Crippen LogP contribution in [0.3, 0.4) is 0 Å². The van der Waals surface area contributed by atoms with Crippen LogP contribution in [0, 0.1) is 5.92 Å². The topological polar surface area (TPSA) is 57.6 Å². The van der Waals surface area contributed by atoms with Crippen LogP contribution in [-0.2, 0) is 11.2 Å². The third-order valence-electron chi connectivity index (χ3n) is 4.18. The molecule has 0 atom stereocenters. The zero-order valence-electron chi connectivity index (χ0n) is 10.8. The Bertz CT molecular complexity index is 532. The van der Waals surface area contributed by atoms with Gasteiger partial charge in [-0.25, -0.2) is 4.79 Å². The van der Waals surface area contributed by atoms with E-state index in [4.69, 9.17) is 5.11 Å². The monoisotopic (exact) mass is 259 g/mol. The molecule has 1 aromatic rings. The average Bonchev–Trinajstić information content (AvgIpc) is 2.98. The maximum absolute atomic E-state index is 12.1. The number of carbonyl (C=O) groups excluding carboxylic acids is 1. The van der Waals surface area contributed by atoms with Crippen LogP contribution in [0.5, 0.6) is 0 Å². The van der Waals surface area contributed by atoms with Crippen molar-refractivity contribution in [2.75, 3.05) is 11.4 Å². The van der Waals surface area contributed by atoms with Gasteiger partial charge < -0.3 is 10.0 Å². The molecule has 4 nitrogen and oxygen atoms in total. The van der Waals surface area contributed by atoms with Crippen LogP contribution in [0.4, 0.5) is 5.69 Å². The highest BCUT2D eigenvalue weighted by molar-refractivity contribution is 6.02. The van der Waals surface area contributed by atoms with Gasteiger partial charge in [-0.15, -0.1) is 0 Å². The molecule has 4 heteroatoms. The lowest BCUT2D eigenvalue weighted by molar-refractivity contribution is -0.117.